The van der Waals surface area contributed by atoms with E-state index >= 15 is 0 Å². The van der Waals surface area contributed by atoms with Crippen molar-refractivity contribution in [1.82, 2.24) is 15.5 Å². The van der Waals surface area contributed by atoms with Gasteiger partial charge in [0.05, 0.1) is 12.5 Å². The van der Waals surface area contributed by atoms with E-state index in [-0.39, 0.29) is 31.6 Å². The average Bonchev–Trinajstić information content (AvgIpc) is 3.39. The number of phenols is 1. The van der Waals surface area contributed by atoms with Crippen molar-refractivity contribution in [2.24, 2.45) is 5.73 Å². The van der Waals surface area contributed by atoms with Gasteiger partial charge in [0.25, 0.3) is 0 Å². The van der Waals surface area contributed by atoms with Crippen LogP contribution in [-0.2, 0) is 36.8 Å². The van der Waals surface area contributed by atoms with Crippen molar-refractivity contribution in [1.29, 1.82) is 0 Å². The molecule has 1 aliphatic rings. The van der Waals surface area contributed by atoms with Crippen LogP contribution < -0.4 is 16.4 Å². The van der Waals surface area contributed by atoms with E-state index in [1.165, 1.54) is 17.0 Å². The number of rotatable bonds is 12. The Labute approximate surface area is 224 Å². The van der Waals surface area contributed by atoms with E-state index in [0.717, 1.165) is 5.56 Å². The third-order valence-electron chi connectivity index (χ3n) is 6.46. The fourth-order valence-corrected chi connectivity index (χ4v) is 4.45. The second-order valence-electron chi connectivity index (χ2n) is 9.41. The lowest BCUT2D eigenvalue weighted by molar-refractivity contribution is -0.148. The maximum absolute atomic E-state index is 13.7. The van der Waals surface area contributed by atoms with Crippen LogP contribution in [0.25, 0.3) is 0 Å². The number of hydrogen-bond donors (Lipinski definition) is 6. The number of carbonyl (C=O) groups excluding carboxylic acids is 3. The molecule has 4 atom stereocenters. The number of likely N-dealkylation sites (tertiary alicyclic amines) is 1. The molecule has 1 aliphatic heterocycles. The third kappa shape index (κ3) is 8.27. The van der Waals surface area contributed by atoms with Crippen molar-refractivity contribution < 1.29 is 39.3 Å². The molecule has 3 rings (SSSR count). The fourth-order valence-electron chi connectivity index (χ4n) is 4.45. The van der Waals surface area contributed by atoms with Gasteiger partial charge in [-0.2, -0.15) is 0 Å². The summed E-state index contributed by atoms with van der Waals surface area (Å²) >= 11 is 0. The molecule has 0 aliphatic carbocycles. The van der Waals surface area contributed by atoms with E-state index in [1.807, 2.05) is 30.3 Å². The number of phenolic OH excluding ortho intramolecular Hbond substituents is 1. The smallest absolute Gasteiger partial charge is 0.326 e. The molecule has 0 radical (unpaired) electrons. The second kappa shape index (κ2) is 13.4. The Morgan fingerprint density at radius 2 is 1.54 bits per heavy atom. The van der Waals surface area contributed by atoms with Crippen LogP contribution in [0.3, 0.4) is 0 Å². The number of nitrogens with zero attached hydrogens (tertiary/aromatic N) is 1. The Bertz CT molecular complexity index is 1190. The van der Waals surface area contributed by atoms with E-state index in [4.69, 9.17) is 10.8 Å². The molecule has 0 spiro atoms. The Morgan fingerprint density at radius 3 is 2.15 bits per heavy atom. The first-order chi connectivity index (χ1) is 18.5. The summed E-state index contributed by atoms with van der Waals surface area (Å²) in [5, 5.41) is 32.8. The topological polar surface area (TPSA) is 199 Å². The molecule has 0 aromatic heterocycles. The molecule has 0 bridgehead atoms. The first kappa shape index (κ1) is 29.1. The van der Waals surface area contributed by atoms with Crippen LogP contribution in [0.5, 0.6) is 5.75 Å². The number of hydrogen-bond acceptors (Lipinski definition) is 7. The lowest BCUT2D eigenvalue weighted by atomic mass is 10.0. The van der Waals surface area contributed by atoms with E-state index in [1.54, 1.807) is 12.1 Å². The summed E-state index contributed by atoms with van der Waals surface area (Å²) in [5.41, 5.74) is 7.60. The summed E-state index contributed by atoms with van der Waals surface area (Å²) in [5.74, 6) is -4.79. The summed E-state index contributed by atoms with van der Waals surface area (Å²) in [6.45, 7) is 0.186. The van der Waals surface area contributed by atoms with E-state index < -0.39 is 60.2 Å². The Hall–Kier alpha value is -4.45. The van der Waals surface area contributed by atoms with E-state index in [0.29, 0.717) is 12.0 Å². The molecular weight excluding hydrogens is 508 g/mol. The molecular formula is C27H32N4O8. The quantitative estimate of drug-likeness (QED) is 0.215. The van der Waals surface area contributed by atoms with Crippen LogP contribution in [0.15, 0.2) is 54.6 Å². The van der Waals surface area contributed by atoms with Gasteiger partial charge in [0.15, 0.2) is 0 Å². The number of aromatic hydroxyl groups is 1. The molecule has 0 saturated carbocycles. The Balaban J connectivity index is 1.78. The molecule has 1 fully saturated rings. The predicted octanol–water partition coefficient (Wildman–Crippen LogP) is 0.0246. The monoisotopic (exact) mass is 540 g/mol. The largest absolute Gasteiger partial charge is 0.508 e. The van der Waals surface area contributed by atoms with Crippen molar-refractivity contribution in [3.05, 3.63) is 65.7 Å². The van der Waals surface area contributed by atoms with Gasteiger partial charge in [0.2, 0.25) is 17.7 Å². The first-order valence-corrected chi connectivity index (χ1v) is 12.5. The van der Waals surface area contributed by atoms with Crippen molar-refractivity contribution in [3.8, 4) is 5.75 Å². The normalized spacial score (nSPS) is 17.1. The van der Waals surface area contributed by atoms with Gasteiger partial charge in [0.1, 0.15) is 23.9 Å². The minimum absolute atomic E-state index is 0.0289. The number of carboxylic acids is 2. The molecule has 7 N–H and O–H groups in total. The number of nitrogens with one attached hydrogen (secondary N) is 2. The zero-order valence-corrected chi connectivity index (χ0v) is 21.2. The summed E-state index contributed by atoms with van der Waals surface area (Å²) in [6.07, 6.45) is 0.158. The summed E-state index contributed by atoms with van der Waals surface area (Å²) in [7, 11) is 0. The molecule has 1 saturated heterocycles. The predicted molar refractivity (Wildman–Crippen MR) is 138 cm³/mol. The van der Waals surface area contributed by atoms with Crippen molar-refractivity contribution in [2.45, 2.75) is 56.3 Å². The zero-order chi connectivity index (χ0) is 28.5. The van der Waals surface area contributed by atoms with Gasteiger partial charge in [-0.1, -0.05) is 42.5 Å². The number of nitrogens with two attached hydrogens (primary N) is 1. The molecule has 1 heterocycles. The highest BCUT2D eigenvalue weighted by Gasteiger charge is 2.39. The number of amides is 3. The van der Waals surface area contributed by atoms with Crippen LogP contribution in [0, 0.1) is 0 Å². The Kier molecular flexibility index (Phi) is 9.98. The van der Waals surface area contributed by atoms with E-state index in [9.17, 15) is 34.2 Å². The molecule has 12 heteroatoms. The van der Waals surface area contributed by atoms with Gasteiger partial charge in [-0.05, 0) is 42.5 Å². The standard InChI is InChI=1S/C27H32N4O8/c28-19(13-16-5-2-1-3-6-16)24(35)29-20(14-17-8-10-18(32)11-9-17)26(37)31-12-4-7-22(31)25(36)30-21(27(38)39)15-23(33)34/h1-3,5-6,8-11,19-22,32H,4,7,12-15,28H2,(H,29,35)(H,30,36)(H,33,34)(H,38,39). The number of carboxylic acid groups (broad SMARTS) is 2. The maximum atomic E-state index is 13.7. The maximum Gasteiger partial charge on any atom is 0.326 e. The minimum Gasteiger partial charge on any atom is -0.508 e. The fraction of sp³-hybridized carbons (Fsp3) is 0.370. The van der Waals surface area contributed by atoms with Gasteiger partial charge in [-0.15, -0.1) is 0 Å². The first-order valence-electron chi connectivity index (χ1n) is 12.5. The van der Waals surface area contributed by atoms with Crippen LogP contribution in [-0.4, -0.2) is 80.6 Å². The van der Waals surface area contributed by atoms with Gasteiger partial charge in [0, 0.05) is 13.0 Å². The number of benzene rings is 2. The number of carbonyl (C=O) groups is 5. The van der Waals surface area contributed by atoms with Crippen molar-refractivity contribution >= 4 is 29.7 Å². The highest BCUT2D eigenvalue weighted by atomic mass is 16.4. The lowest BCUT2D eigenvalue weighted by Crippen LogP contribution is -2.57. The molecule has 2 aromatic rings. The molecule has 3 amide bonds. The van der Waals surface area contributed by atoms with Gasteiger partial charge in [-0.25, -0.2) is 4.79 Å². The van der Waals surface area contributed by atoms with Gasteiger partial charge < -0.3 is 36.6 Å². The second-order valence-corrected chi connectivity index (χ2v) is 9.41. The zero-order valence-electron chi connectivity index (χ0n) is 21.2. The van der Waals surface area contributed by atoms with Gasteiger partial charge in [-0.3, -0.25) is 19.2 Å². The van der Waals surface area contributed by atoms with Crippen molar-refractivity contribution in [2.75, 3.05) is 6.54 Å². The summed E-state index contributed by atoms with van der Waals surface area (Å²) < 4.78 is 0. The number of aliphatic carboxylic acids is 2. The van der Waals surface area contributed by atoms with Crippen LogP contribution in [0.4, 0.5) is 0 Å². The SMILES string of the molecule is NC(Cc1ccccc1)C(=O)NC(Cc1ccc(O)cc1)C(=O)N1CCCC1C(=O)NC(CC(=O)O)C(=O)O. The molecule has 208 valence electrons. The molecule has 39 heavy (non-hydrogen) atoms. The van der Waals surface area contributed by atoms with Crippen LogP contribution in [0.1, 0.15) is 30.4 Å². The highest BCUT2D eigenvalue weighted by molar-refractivity contribution is 5.95. The average molecular weight is 541 g/mol. The Morgan fingerprint density at radius 1 is 0.897 bits per heavy atom. The molecule has 2 aromatic carbocycles. The van der Waals surface area contributed by atoms with Crippen LogP contribution in [0.2, 0.25) is 0 Å². The van der Waals surface area contributed by atoms with Crippen LogP contribution >= 0.6 is 0 Å². The summed E-state index contributed by atoms with van der Waals surface area (Å²) in [6, 6.07) is 10.5. The summed E-state index contributed by atoms with van der Waals surface area (Å²) in [4.78, 5) is 63.3. The molecule has 12 nitrogen and oxygen atoms in total. The molecule has 4 unspecified atom stereocenters. The third-order valence-corrected chi connectivity index (χ3v) is 6.46. The van der Waals surface area contributed by atoms with Crippen molar-refractivity contribution in [3.63, 3.8) is 0 Å². The highest BCUT2D eigenvalue weighted by Crippen LogP contribution is 2.21. The minimum atomic E-state index is -1.66. The lowest BCUT2D eigenvalue weighted by Gasteiger charge is -2.30. The van der Waals surface area contributed by atoms with Gasteiger partial charge >= 0.3 is 11.9 Å². The van der Waals surface area contributed by atoms with E-state index in [2.05, 4.69) is 10.6 Å².